The van der Waals surface area contributed by atoms with Crippen LogP contribution in [-0.4, -0.2) is 24.8 Å². The largest absolute Gasteiger partial charge is 0.324 e. The van der Waals surface area contributed by atoms with Gasteiger partial charge in [0.05, 0.1) is 4.90 Å². The van der Waals surface area contributed by atoms with E-state index >= 15 is 0 Å². The van der Waals surface area contributed by atoms with Gasteiger partial charge >= 0.3 is 0 Å². The molecule has 1 aromatic rings. The third-order valence-electron chi connectivity index (χ3n) is 3.80. The standard InChI is InChI=1S/C14H22N2O2S/c1-11(15)12-6-4-7-13(10-12)19(17,18)16-9-5-8-14(16,2)3/h4,6-7,10-11H,5,8-9,15H2,1-3H3. The molecule has 2 N–H and O–H groups in total. The van der Waals surface area contributed by atoms with Gasteiger partial charge in [-0.1, -0.05) is 12.1 Å². The molecule has 0 spiro atoms. The summed E-state index contributed by atoms with van der Waals surface area (Å²) < 4.78 is 27.0. The fourth-order valence-corrected chi connectivity index (χ4v) is 4.52. The Bertz CT molecular complexity index is 565. The third-order valence-corrected chi connectivity index (χ3v) is 5.90. The first-order chi connectivity index (χ1) is 8.75. The molecule has 1 aliphatic heterocycles. The van der Waals surface area contributed by atoms with Crippen molar-refractivity contribution in [3.8, 4) is 0 Å². The molecule has 0 bridgehead atoms. The Morgan fingerprint density at radius 3 is 2.58 bits per heavy atom. The first-order valence-corrected chi connectivity index (χ1v) is 8.07. The van der Waals surface area contributed by atoms with Crippen molar-refractivity contribution in [1.29, 1.82) is 0 Å². The van der Waals surface area contributed by atoms with Crippen molar-refractivity contribution in [2.24, 2.45) is 5.73 Å². The van der Waals surface area contributed by atoms with E-state index in [4.69, 9.17) is 5.73 Å². The highest BCUT2D eigenvalue weighted by molar-refractivity contribution is 7.89. The van der Waals surface area contributed by atoms with Crippen LogP contribution in [0.3, 0.4) is 0 Å². The van der Waals surface area contributed by atoms with Crippen molar-refractivity contribution in [2.75, 3.05) is 6.54 Å². The summed E-state index contributed by atoms with van der Waals surface area (Å²) in [7, 11) is -3.42. The minimum absolute atomic E-state index is 0.165. The van der Waals surface area contributed by atoms with Crippen molar-refractivity contribution in [2.45, 2.75) is 50.1 Å². The van der Waals surface area contributed by atoms with E-state index in [9.17, 15) is 8.42 Å². The molecule has 1 fully saturated rings. The Morgan fingerprint density at radius 1 is 1.37 bits per heavy atom. The Morgan fingerprint density at radius 2 is 2.05 bits per heavy atom. The maximum absolute atomic E-state index is 12.7. The van der Waals surface area contributed by atoms with Gasteiger partial charge in [0.25, 0.3) is 0 Å². The summed E-state index contributed by atoms with van der Waals surface area (Å²) >= 11 is 0. The zero-order chi connectivity index (χ0) is 14.3. The summed E-state index contributed by atoms with van der Waals surface area (Å²) in [5, 5.41) is 0. The first-order valence-electron chi connectivity index (χ1n) is 6.63. The van der Waals surface area contributed by atoms with Gasteiger partial charge in [0.2, 0.25) is 10.0 Å². The van der Waals surface area contributed by atoms with E-state index in [1.807, 2.05) is 26.8 Å². The van der Waals surface area contributed by atoms with E-state index < -0.39 is 10.0 Å². The number of hydrogen-bond acceptors (Lipinski definition) is 3. The van der Waals surface area contributed by atoms with E-state index in [0.29, 0.717) is 11.4 Å². The fourth-order valence-electron chi connectivity index (χ4n) is 2.61. The number of rotatable bonds is 3. The predicted molar refractivity (Wildman–Crippen MR) is 76.2 cm³/mol. The molecule has 0 radical (unpaired) electrons. The van der Waals surface area contributed by atoms with Crippen LogP contribution in [0, 0.1) is 0 Å². The van der Waals surface area contributed by atoms with Gasteiger partial charge < -0.3 is 5.73 Å². The van der Waals surface area contributed by atoms with E-state index in [-0.39, 0.29) is 11.6 Å². The topological polar surface area (TPSA) is 63.4 Å². The van der Waals surface area contributed by atoms with Gasteiger partial charge in [0.1, 0.15) is 0 Å². The summed E-state index contributed by atoms with van der Waals surface area (Å²) in [5.74, 6) is 0. The molecular formula is C14H22N2O2S. The Kier molecular flexibility index (Phi) is 3.73. The van der Waals surface area contributed by atoms with Crippen LogP contribution < -0.4 is 5.73 Å². The highest BCUT2D eigenvalue weighted by atomic mass is 32.2. The van der Waals surface area contributed by atoms with Crippen LogP contribution in [0.15, 0.2) is 29.2 Å². The van der Waals surface area contributed by atoms with Gasteiger partial charge in [-0.3, -0.25) is 0 Å². The molecule has 19 heavy (non-hydrogen) atoms. The molecule has 2 rings (SSSR count). The van der Waals surface area contributed by atoms with Crippen LogP contribution in [0.4, 0.5) is 0 Å². The van der Waals surface area contributed by atoms with Gasteiger partial charge in [-0.05, 0) is 51.3 Å². The van der Waals surface area contributed by atoms with E-state index in [2.05, 4.69) is 0 Å². The minimum atomic E-state index is -3.42. The molecule has 1 aliphatic rings. The second-order valence-electron chi connectivity index (χ2n) is 5.85. The van der Waals surface area contributed by atoms with Gasteiger partial charge in [-0.25, -0.2) is 8.42 Å². The van der Waals surface area contributed by atoms with Crippen LogP contribution in [0.5, 0.6) is 0 Å². The predicted octanol–water partition coefficient (Wildman–Crippen LogP) is 2.27. The molecule has 0 aliphatic carbocycles. The number of sulfonamides is 1. The molecule has 0 amide bonds. The molecule has 1 aromatic carbocycles. The second-order valence-corrected chi connectivity index (χ2v) is 7.72. The van der Waals surface area contributed by atoms with Crippen molar-refractivity contribution >= 4 is 10.0 Å². The molecule has 0 aromatic heterocycles. The van der Waals surface area contributed by atoms with Gasteiger partial charge in [0.15, 0.2) is 0 Å². The first kappa shape index (κ1) is 14.5. The second kappa shape index (κ2) is 4.89. The average molecular weight is 282 g/mol. The van der Waals surface area contributed by atoms with E-state index in [1.54, 1.807) is 22.5 Å². The average Bonchev–Trinajstić information content (AvgIpc) is 2.69. The Hall–Kier alpha value is -0.910. The van der Waals surface area contributed by atoms with Gasteiger partial charge in [-0.2, -0.15) is 4.31 Å². The van der Waals surface area contributed by atoms with Crippen molar-refractivity contribution in [1.82, 2.24) is 4.31 Å². The van der Waals surface area contributed by atoms with Crippen LogP contribution in [0.1, 0.15) is 45.2 Å². The molecule has 4 nitrogen and oxygen atoms in total. The summed E-state index contributed by atoms with van der Waals surface area (Å²) in [6, 6.07) is 6.79. The maximum atomic E-state index is 12.7. The highest BCUT2D eigenvalue weighted by Crippen LogP contribution is 2.34. The van der Waals surface area contributed by atoms with E-state index in [0.717, 1.165) is 18.4 Å². The lowest BCUT2D eigenvalue weighted by Crippen LogP contribution is -2.42. The molecule has 0 saturated carbocycles. The zero-order valence-corrected chi connectivity index (χ0v) is 12.6. The maximum Gasteiger partial charge on any atom is 0.243 e. The van der Waals surface area contributed by atoms with Gasteiger partial charge in [-0.15, -0.1) is 0 Å². The zero-order valence-electron chi connectivity index (χ0n) is 11.8. The lowest BCUT2D eigenvalue weighted by atomic mass is 10.0. The Balaban J connectivity index is 2.43. The van der Waals surface area contributed by atoms with Gasteiger partial charge in [0, 0.05) is 18.1 Å². The molecule has 5 heteroatoms. The molecule has 1 heterocycles. The highest BCUT2D eigenvalue weighted by Gasteiger charge is 2.40. The van der Waals surface area contributed by atoms with Crippen molar-refractivity contribution in [3.05, 3.63) is 29.8 Å². The molecule has 1 saturated heterocycles. The monoisotopic (exact) mass is 282 g/mol. The molecular weight excluding hydrogens is 260 g/mol. The lowest BCUT2D eigenvalue weighted by Gasteiger charge is -2.30. The van der Waals surface area contributed by atoms with Crippen LogP contribution in [0.25, 0.3) is 0 Å². The Labute approximate surface area is 115 Å². The van der Waals surface area contributed by atoms with Crippen LogP contribution in [-0.2, 0) is 10.0 Å². The summed E-state index contributed by atoms with van der Waals surface area (Å²) in [4.78, 5) is 0.345. The molecule has 106 valence electrons. The summed E-state index contributed by atoms with van der Waals surface area (Å²) in [6.07, 6.45) is 1.82. The number of nitrogens with zero attached hydrogens (tertiary/aromatic N) is 1. The number of benzene rings is 1. The van der Waals surface area contributed by atoms with Crippen molar-refractivity contribution < 1.29 is 8.42 Å². The van der Waals surface area contributed by atoms with Crippen LogP contribution in [0.2, 0.25) is 0 Å². The lowest BCUT2D eigenvalue weighted by molar-refractivity contribution is 0.291. The summed E-state index contributed by atoms with van der Waals surface area (Å²) in [5.41, 5.74) is 6.37. The van der Waals surface area contributed by atoms with Crippen molar-refractivity contribution in [3.63, 3.8) is 0 Å². The quantitative estimate of drug-likeness (QED) is 0.925. The number of nitrogens with two attached hydrogens (primary N) is 1. The molecule has 1 unspecified atom stereocenters. The normalized spacial score (nSPS) is 21.5. The fraction of sp³-hybridized carbons (Fsp3) is 0.571. The smallest absolute Gasteiger partial charge is 0.243 e. The van der Waals surface area contributed by atoms with Crippen LogP contribution >= 0.6 is 0 Å². The third kappa shape index (κ3) is 2.68. The number of hydrogen-bond donors (Lipinski definition) is 1. The SMILES string of the molecule is CC(N)c1cccc(S(=O)(=O)N2CCCC2(C)C)c1. The minimum Gasteiger partial charge on any atom is -0.324 e. The molecule has 1 atom stereocenters. The van der Waals surface area contributed by atoms with E-state index in [1.165, 1.54) is 0 Å². The summed E-state index contributed by atoms with van der Waals surface area (Å²) in [6.45, 7) is 6.41.